The lowest BCUT2D eigenvalue weighted by Crippen LogP contribution is -2.19. The number of H-pyrrole nitrogens is 1. The molecule has 0 saturated heterocycles. The summed E-state index contributed by atoms with van der Waals surface area (Å²) in [5.74, 6) is -0.305. The van der Waals surface area contributed by atoms with E-state index in [0.717, 1.165) is 10.9 Å². The number of hydrazone groups is 1. The van der Waals surface area contributed by atoms with E-state index in [9.17, 15) is 9.59 Å². The number of aromatic nitrogens is 1. The number of esters is 1. The Balaban J connectivity index is 1.44. The van der Waals surface area contributed by atoms with Crippen molar-refractivity contribution in [2.45, 2.75) is 6.92 Å². The molecule has 0 radical (unpaired) electrons. The predicted octanol–water partition coefficient (Wildman–Crippen LogP) is 8.94. The van der Waals surface area contributed by atoms with Crippen molar-refractivity contribution >= 4 is 79.7 Å². The van der Waals surface area contributed by atoms with Gasteiger partial charge < -0.3 is 14.5 Å². The summed E-state index contributed by atoms with van der Waals surface area (Å²) >= 11 is 22.1. The molecule has 0 unspecified atom stereocenters. The van der Waals surface area contributed by atoms with Crippen LogP contribution in [-0.2, 0) is 0 Å². The fourth-order valence-electron chi connectivity index (χ4n) is 4.28. The summed E-state index contributed by atoms with van der Waals surface area (Å²) in [6, 6.07) is 22.3. The Morgan fingerprint density at radius 2 is 1.79 bits per heavy atom. The van der Waals surface area contributed by atoms with Crippen molar-refractivity contribution in [2.75, 3.05) is 6.61 Å². The van der Waals surface area contributed by atoms with Gasteiger partial charge in [0.1, 0.15) is 17.2 Å². The fourth-order valence-corrected chi connectivity index (χ4v) is 5.38. The Hall–Kier alpha value is -3.82. The number of nitrogens with zero attached hydrogens (tertiary/aromatic N) is 1. The molecule has 11 heteroatoms. The number of hydrogen-bond donors (Lipinski definition) is 2. The van der Waals surface area contributed by atoms with Crippen molar-refractivity contribution < 1.29 is 19.1 Å². The molecule has 0 atom stereocenters. The van der Waals surface area contributed by atoms with Crippen LogP contribution in [0.5, 0.6) is 11.5 Å². The first kappa shape index (κ1) is 29.7. The van der Waals surface area contributed by atoms with Crippen LogP contribution in [0.1, 0.15) is 33.3 Å². The maximum Gasteiger partial charge on any atom is 0.345 e. The van der Waals surface area contributed by atoms with Gasteiger partial charge in [0.25, 0.3) is 5.91 Å². The maximum absolute atomic E-state index is 13.4. The molecule has 4 aromatic carbocycles. The molecule has 0 aliphatic rings. The minimum Gasteiger partial charge on any atom is -0.494 e. The van der Waals surface area contributed by atoms with Gasteiger partial charge in [-0.15, -0.1) is 0 Å². The third-order valence-electron chi connectivity index (χ3n) is 6.15. The molecule has 5 aromatic rings. The molecule has 0 fully saturated rings. The summed E-state index contributed by atoms with van der Waals surface area (Å²) in [4.78, 5) is 29.4. The third-order valence-corrected chi connectivity index (χ3v) is 7.52. The Kier molecular flexibility index (Phi) is 9.18. The number of aromatic amines is 1. The molecule has 212 valence electrons. The minimum absolute atomic E-state index is 0.151. The van der Waals surface area contributed by atoms with E-state index in [1.54, 1.807) is 30.3 Å². The third kappa shape index (κ3) is 6.47. The van der Waals surface area contributed by atoms with Crippen molar-refractivity contribution in [3.05, 3.63) is 115 Å². The zero-order valence-corrected chi connectivity index (χ0v) is 25.7. The van der Waals surface area contributed by atoms with Crippen molar-refractivity contribution in [3.8, 4) is 22.6 Å². The van der Waals surface area contributed by atoms with Gasteiger partial charge in [0.15, 0.2) is 0 Å². The van der Waals surface area contributed by atoms with Gasteiger partial charge in [-0.25, -0.2) is 10.2 Å². The van der Waals surface area contributed by atoms with Crippen LogP contribution in [0.15, 0.2) is 88.4 Å². The lowest BCUT2D eigenvalue weighted by atomic mass is 10.0. The lowest BCUT2D eigenvalue weighted by molar-refractivity contribution is 0.0734. The van der Waals surface area contributed by atoms with E-state index in [2.05, 4.69) is 31.4 Å². The predicted molar refractivity (Wildman–Crippen MR) is 171 cm³/mol. The van der Waals surface area contributed by atoms with Crippen LogP contribution >= 0.6 is 50.7 Å². The molecule has 1 amide bonds. The van der Waals surface area contributed by atoms with Crippen LogP contribution in [0.3, 0.4) is 0 Å². The number of benzene rings is 4. The molecule has 2 N–H and O–H groups in total. The zero-order valence-electron chi connectivity index (χ0n) is 21.9. The normalized spacial score (nSPS) is 11.2. The van der Waals surface area contributed by atoms with Crippen LogP contribution in [0.4, 0.5) is 0 Å². The quantitative estimate of drug-likeness (QED) is 0.0739. The Labute approximate surface area is 264 Å². The van der Waals surface area contributed by atoms with Gasteiger partial charge in [-0.3, -0.25) is 4.79 Å². The number of carbonyl (C=O) groups is 2. The van der Waals surface area contributed by atoms with E-state index in [0.29, 0.717) is 43.6 Å². The van der Waals surface area contributed by atoms with Gasteiger partial charge in [0, 0.05) is 42.1 Å². The summed E-state index contributed by atoms with van der Waals surface area (Å²) < 4.78 is 12.0. The van der Waals surface area contributed by atoms with E-state index < -0.39 is 11.9 Å². The number of carbonyl (C=O) groups excluding carboxylic acids is 2. The molecule has 5 rings (SSSR count). The molecular weight excluding hydrogens is 665 g/mol. The van der Waals surface area contributed by atoms with Crippen molar-refractivity contribution in [1.82, 2.24) is 10.4 Å². The maximum atomic E-state index is 13.4. The van der Waals surface area contributed by atoms with Gasteiger partial charge in [0.05, 0.1) is 23.4 Å². The summed E-state index contributed by atoms with van der Waals surface area (Å²) in [6.07, 6.45) is 1.37. The van der Waals surface area contributed by atoms with Crippen LogP contribution in [0.2, 0.25) is 15.1 Å². The highest BCUT2D eigenvalue weighted by Crippen LogP contribution is 2.38. The molecule has 0 saturated carbocycles. The number of ether oxygens (including phenoxy) is 2. The molecule has 1 heterocycles. The topological polar surface area (TPSA) is 92.8 Å². The molecule has 0 aliphatic carbocycles. The molecule has 0 spiro atoms. The summed E-state index contributed by atoms with van der Waals surface area (Å²) in [7, 11) is 0. The highest BCUT2D eigenvalue weighted by atomic mass is 79.9. The molecule has 7 nitrogen and oxygen atoms in total. The van der Waals surface area contributed by atoms with Gasteiger partial charge in [-0.2, -0.15) is 5.10 Å². The minimum atomic E-state index is -0.674. The zero-order chi connectivity index (χ0) is 29.8. The number of rotatable bonds is 8. The number of nitrogens with one attached hydrogen (secondary N) is 2. The first-order chi connectivity index (χ1) is 20.2. The first-order valence-corrected chi connectivity index (χ1v) is 14.5. The van der Waals surface area contributed by atoms with E-state index in [1.807, 2.05) is 43.3 Å². The summed E-state index contributed by atoms with van der Waals surface area (Å²) in [5.41, 5.74) is 5.41. The fraction of sp³-hybridized carbons (Fsp3) is 0.0645. The number of fused-ring (bicyclic) bond motifs is 1. The number of amides is 1. The second kappa shape index (κ2) is 13.0. The van der Waals surface area contributed by atoms with E-state index in [4.69, 9.17) is 44.3 Å². The van der Waals surface area contributed by atoms with Crippen molar-refractivity contribution in [3.63, 3.8) is 0 Å². The number of hydrogen-bond acceptors (Lipinski definition) is 5. The van der Waals surface area contributed by atoms with Gasteiger partial charge in [0.2, 0.25) is 0 Å². The Bertz CT molecular complexity index is 1860. The largest absolute Gasteiger partial charge is 0.494 e. The van der Waals surface area contributed by atoms with E-state index in [-0.39, 0.29) is 22.0 Å². The van der Waals surface area contributed by atoms with Crippen LogP contribution < -0.4 is 14.9 Å². The average Bonchev–Trinajstić information content (AvgIpc) is 3.33. The standard InChI is InChI=1S/C31H21BrCl3N3O4/c1-2-41-20-9-11-26-23(15-20)28(21-5-3-4-6-24(21)34)29(37-26)30(39)38-36-16-17-13-18(32)7-12-27(17)42-31(40)22-10-8-19(33)14-25(22)35/h3-16,37H,2H2,1H3,(H,38,39). The summed E-state index contributed by atoms with van der Waals surface area (Å²) in [6.45, 7) is 2.40. The highest BCUT2D eigenvalue weighted by Gasteiger charge is 2.21. The van der Waals surface area contributed by atoms with Gasteiger partial charge in [-0.1, -0.05) is 68.9 Å². The molecule has 1 aromatic heterocycles. The average molecular weight is 686 g/mol. The van der Waals surface area contributed by atoms with E-state index in [1.165, 1.54) is 18.3 Å². The summed E-state index contributed by atoms with van der Waals surface area (Å²) in [5, 5.41) is 5.95. The number of halogens is 4. The second-order valence-electron chi connectivity index (χ2n) is 8.89. The first-order valence-electron chi connectivity index (χ1n) is 12.6. The van der Waals surface area contributed by atoms with Gasteiger partial charge >= 0.3 is 5.97 Å². The van der Waals surface area contributed by atoms with Crippen LogP contribution in [-0.4, -0.2) is 29.7 Å². The molecule has 0 aliphatic heterocycles. The molecule has 0 bridgehead atoms. The molecule has 42 heavy (non-hydrogen) atoms. The van der Waals surface area contributed by atoms with Crippen molar-refractivity contribution in [1.29, 1.82) is 0 Å². The lowest BCUT2D eigenvalue weighted by Gasteiger charge is -2.09. The monoisotopic (exact) mass is 683 g/mol. The van der Waals surface area contributed by atoms with Crippen molar-refractivity contribution in [2.24, 2.45) is 5.10 Å². The van der Waals surface area contributed by atoms with Crippen LogP contribution in [0.25, 0.3) is 22.0 Å². The molecular formula is C31H21BrCl3N3O4. The Morgan fingerprint density at radius 3 is 2.55 bits per heavy atom. The second-order valence-corrected chi connectivity index (χ2v) is 11.1. The highest BCUT2D eigenvalue weighted by molar-refractivity contribution is 9.10. The smallest absolute Gasteiger partial charge is 0.345 e. The van der Waals surface area contributed by atoms with Gasteiger partial charge in [-0.05, 0) is 67.6 Å². The van der Waals surface area contributed by atoms with Crippen LogP contribution in [0, 0.1) is 0 Å². The SMILES string of the molecule is CCOc1ccc2[nH]c(C(=O)NN=Cc3cc(Br)ccc3OC(=O)c3ccc(Cl)cc3Cl)c(-c3ccccc3Cl)c2c1. The Morgan fingerprint density at radius 1 is 0.976 bits per heavy atom. The van der Waals surface area contributed by atoms with E-state index >= 15 is 0 Å².